The van der Waals surface area contributed by atoms with Gasteiger partial charge < -0.3 is 4.90 Å². The number of hydrogen-bond acceptors (Lipinski definition) is 1. The topological polar surface area (TPSA) is 3.24 Å². The van der Waals surface area contributed by atoms with Gasteiger partial charge in [0.1, 0.15) is 0 Å². The van der Waals surface area contributed by atoms with Gasteiger partial charge in [-0.05, 0) is 169 Å². The Labute approximate surface area is 378 Å². The van der Waals surface area contributed by atoms with Crippen molar-refractivity contribution in [2.24, 2.45) is 17.8 Å². The Bertz CT molecular complexity index is 3080. The van der Waals surface area contributed by atoms with E-state index in [1.165, 1.54) is 115 Å². The van der Waals surface area contributed by atoms with E-state index in [1.54, 1.807) is 5.56 Å². The number of rotatable bonds is 8. The van der Waals surface area contributed by atoms with Crippen LogP contribution in [0.5, 0.6) is 0 Å². The molecule has 0 aromatic heterocycles. The van der Waals surface area contributed by atoms with Crippen molar-refractivity contribution in [3.05, 3.63) is 224 Å². The van der Waals surface area contributed by atoms with E-state index in [0.29, 0.717) is 5.41 Å². The van der Waals surface area contributed by atoms with Gasteiger partial charge in [0.25, 0.3) is 0 Å². The number of fused-ring (bicyclic) bond motifs is 4. The third-order valence-corrected chi connectivity index (χ3v) is 20.8. The molecule has 0 N–H and O–H groups in total. The number of benzene rings is 9. The summed E-state index contributed by atoms with van der Waals surface area (Å²) in [6.45, 7) is 0. The van der Waals surface area contributed by atoms with Crippen LogP contribution in [0, 0.1) is 17.8 Å². The molecule has 9 aromatic rings. The molecule has 1 nitrogen and oxygen atoms in total. The molecule has 308 valence electrons. The van der Waals surface area contributed by atoms with Crippen molar-refractivity contribution in [3.63, 3.8) is 0 Å². The van der Waals surface area contributed by atoms with Crippen LogP contribution < -0.4 is 25.6 Å². The first-order chi connectivity index (χ1) is 31.6. The van der Waals surface area contributed by atoms with Gasteiger partial charge in [-0.25, -0.2) is 0 Å². The third kappa shape index (κ3) is 5.88. The molecule has 2 heteroatoms. The smallest absolute Gasteiger partial charge is 0.180 e. The minimum atomic E-state index is -2.60. The van der Waals surface area contributed by atoms with Crippen LogP contribution in [0.25, 0.3) is 44.2 Å². The maximum Gasteiger partial charge on any atom is 0.180 e. The molecule has 5 aliphatic rings. The summed E-state index contributed by atoms with van der Waals surface area (Å²) < 4.78 is 0. The van der Waals surface area contributed by atoms with Gasteiger partial charge in [-0.1, -0.05) is 182 Å². The molecule has 0 saturated heterocycles. The standard InChI is InChI=1S/C62H51NSi/c1-3-13-46(14-4-1)55-21-11-15-48-16-12-22-56(61(48)55)47-25-29-50(30-26-47)63(51-31-27-49(28-32-51)62-40-43-37-44(41-62)39-45(38-43)42-62)52-33-35-54(36-34-52)64(53-17-5-2-6-18-53)59-23-9-7-19-57(59)58-20-8-10-24-60(58)64/h1-36,43-45H,37-42H2. The zero-order chi connectivity index (χ0) is 42.2. The Balaban J connectivity index is 0.936. The molecular formula is C62H51NSi. The SMILES string of the molecule is c1ccc(-c2cccc3cccc(-c4ccc(N(c5ccc(C67CC8CC(CC(C8)C6)C7)cc5)c5ccc([Si]6(c7ccccc7)c7ccccc7-c7ccccc76)cc5)cc4)c23)cc1. The molecule has 0 spiro atoms. The van der Waals surface area contributed by atoms with Crippen LogP contribution in [-0.4, -0.2) is 8.07 Å². The van der Waals surface area contributed by atoms with Crippen LogP contribution in [0.3, 0.4) is 0 Å². The largest absolute Gasteiger partial charge is 0.311 e. The minimum absolute atomic E-state index is 0.364. The van der Waals surface area contributed by atoms with E-state index in [0.717, 1.165) is 23.4 Å². The first kappa shape index (κ1) is 37.8. The molecule has 4 bridgehead atoms. The number of nitrogens with zero attached hydrogens (tertiary/aromatic N) is 1. The lowest BCUT2D eigenvalue weighted by atomic mass is 9.48. The fraction of sp³-hybridized carbons (Fsp3) is 0.161. The first-order valence-corrected chi connectivity index (χ1v) is 25.6. The second-order valence-corrected chi connectivity index (χ2v) is 23.2. The molecule has 1 heterocycles. The Morgan fingerprint density at radius 1 is 0.359 bits per heavy atom. The summed E-state index contributed by atoms with van der Waals surface area (Å²) in [6, 6.07) is 82.9. The zero-order valence-corrected chi connectivity index (χ0v) is 37.2. The van der Waals surface area contributed by atoms with Crippen LogP contribution in [0.2, 0.25) is 0 Å². The van der Waals surface area contributed by atoms with Crippen LogP contribution >= 0.6 is 0 Å². The molecule has 1 aliphatic heterocycles. The molecular weight excluding hydrogens is 787 g/mol. The van der Waals surface area contributed by atoms with Crippen LogP contribution in [-0.2, 0) is 5.41 Å². The molecule has 14 rings (SSSR count). The highest BCUT2D eigenvalue weighted by Crippen LogP contribution is 2.61. The Hall–Kier alpha value is -6.74. The first-order valence-electron chi connectivity index (χ1n) is 23.6. The van der Waals surface area contributed by atoms with Crippen molar-refractivity contribution < 1.29 is 0 Å². The fourth-order valence-electron chi connectivity index (χ4n) is 13.7. The van der Waals surface area contributed by atoms with Gasteiger partial charge in [-0.3, -0.25) is 0 Å². The summed E-state index contributed by atoms with van der Waals surface area (Å²) in [5.74, 6) is 2.77. The maximum atomic E-state index is 2.50. The average molecular weight is 838 g/mol. The second-order valence-electron chi connectivity index (χ2n) is 19.5. The zero-order valence-electron chi connectivity index (χ0n) is 36.2. The summed E-state index contributed by atoms with van der Waals surface area (Å²) in [7, 11) is -2.60. The third-order valence-electron chi connectivity index (χ3n) is 15.9. The van der Waals surface area contributed by atoms with Gasteiger partial charge in [0, 0.05) is 17.1 Å². The Morgan fingerprint density at radius 2 is 0.781 bits per heavy atom. The lowest BCUT2D eigenvalue weighted by Crippen LogP contribution is -2.72. The molecule has 9 aromatic carbocycles. The van der Waals surface area contributed by atoms with Crippen molar-refractivity contribution in [1.29, 1.82) is 0 Å². The van der Waals surface area contributed by atoms with E-state index >= 15 is 0 Å². The van der Waals surface area contributed by atoms with Crippen LogP contribution in [0.4, 0.5) is 17.1 Å². The molecule has 0 atom stereocenters. The number of anilines is 3. The highest BCUT2D eigenvalue weighted by atomic mass is 28.3. The van der Waals surface area contributed by atoms with Crippen molar-refractivity contribution in [2.75, 3.05) is 4.90 Å². The lowest BCUT2D eigenvalue weighted by Gasteiger charge is -2.57. The number of hydrogen-bond donors (Lipinski definition) is 0. The Kier molecular flexibility index (Phi) is 8.81. The summed E-state index contributed by atoms with van der Waals surface area (Å²) in [5.41, 5.74) is 13.2. The summed E-state index contributed by atoms with van der Waals surface area (Å²) >= 11 is 0. The van der Waals surface area contributed by atoms with Gasteiger partial charge in [0.2, 0.25) is 0 Å². The van der Waals surface area contributed by atoms with Crippen molar-refractivity contribution in [1.82, 2.24) is 0 Å². The molecule has 0 unspecified atom stereocenters. The van der Waals surface area contributed by atoms with Gasteiger partial charge in [-0.15, -0.1) is 0 Å². The summed E-state index contributed by atoms with van der Waals surface area (Å²) in [4.78, 5) is 2.49. The van der Waals surface area contributed by atoms with E-state index in [2.05, 4.69) is 223 Å². The molecule has 0 amide bonds. The minimum Gasteiger partial charge on any atom is -0.311 e. The Morgan fingerprint density at radius 3 is 1.33 bits per heavy atom. The van der Waals surface area contributed by atoms with E-state index in [9.17, 15) is 0 Å². The fourth-order valence-corrected chi connectivity index (χ4v) is 18.8. The van der Waals surface area contributed by atoms with Crippen LogP contribution in [0.15, 0.2) is 218 Å². The van der Waals surface area contributed by atoms with Gasteiger partial charge in [0.15, 0.2) is 8.07 Å². The normalized spacial score (nSPS) is 21.1. The molecule has 64 heavy (non-hydrogen) atoms. The molecule has 4 aliphatic carbocycles. The van der Waals surface area contributed by atoms with E-state index in [-0.39, 0.29) is 0 Å². The summed E-state index contributed by atoms with van der Waals surface area (Å²) in [6.07, 6.45) is 8.54. The van der Waals surface area contributed by atoms with Crippen LogP contribution in [0.1, 0.15) is 44.1 Å². The quantitative estimate of drug-likeness (QED) is 0.138. The molecule has 4 saturated carbocycles. The van der Waals surface area contributed by atoms with E-state index in [4.69, 9.17) is 0 Å². The average Bonchev–Trinajstić information content (AvgIpc) is 3.65. The highest BCUT2D eigenvalue weighted by Gasteiger charge is 2.52. The van der Waals surface area contributed by atoms with Gasteiger partial charge in [0.05, 0.1) is 0 Å². The molecule has 4 fully saturated rings. The highest BCUT2D eigenvalue weighted by molar-refractivity contribution is 7.22. The van der Waals surface area contributed by atoms with Crippen molar-refractivity contribution >= 4 is 56.7 Å². The van der Waals surface area contributed by atoms with E-state index < -0.39 is 8.07 Å². The monoisotopic (exact) mass is 837 g/mol. The molecule has 0 radical (unpaired) electrons. The van der Waals surface area contributed by atoms with Crippen molar-refractivity contribution in [2.45, 2.75) is 43.9 Å². The van der Waals surface area contributed by atoms with Gasteiger partial charge >= 0.3 is 0 Å². The van der Waals surface area contributed by atoms with E-state index in [1.807, 2.05) is 0 Å². The predicted molar refractivity (Wildman–Crippen MR) is 272 cm³/mol. The maximum absolute atomic E-state index is 2.60. The van der Waals surface area contributed by atoms with Gasteiger partial charge in [-0.2, -0.15) is 0 Å². The lowest BCUT2D eigenvalue weighted by molar-refractivity contribution is -0.00518. The second kappa shape index (κ2) is 14.9. The summed E-state index contributed by atoms with van der Waals surface area (Å²) in [5, 5.41) is 8.35. The van der Waals surface area contributed by atoms with Crippen molar-refractivity contribution in [3.8, 4) is 33.4 Å². The predicted octanol–water partition coefficient (Wildman–Crippen LogP) is 13.5.